The van der Waals surface area contributed by atoms with Gasteiger partial charge >= 0.3 is 0 Å². The number of ether oxygens (including phenoxy) is 1. The maximum atomic E-state index is 6.06. The molecule has 0 spiro atoms. The molecule has 0 amide bonds. The van der Waals surface area contributed by atoms with E-state index in [1.54, 1.807) is 0 Å². The molecule has 0 aromatic carbocycles. The molecule has 1 fully saturated rings. The van der Waals surface area contributed by atoms with Gasteiger partial charge in [-0.25, -0.2) is 0 Å². The fourth-order valence-corrected chi connectivity index (χ4v) is 0.516. The molecule has 1 rings (SSSR count). The lowest BCUT2D eigenvalue weighted by Gasteiger charge is -2.10. The monoisotopic (exact) mass is 182 g/mol. The summed E-state index contributed by atoms with van der Waals surface area (Å²) in [5.41, 5.74) is 8.94. The molecule has 11 heavy (non-hydrogen) atoms. The molecule has 1 saturated heterocycles. The summed E-state index contributed by atoms with van der Waals surface area (Å²) in [6, 6.07) is 0. The van der Waals surface area contributed by atoms with Crippen molar-refractivity contribution >= 4 is 18.4 Å². The highest BCUT2D eigenvalue weighted by molar-refractivity contribution is 5.85. The normalized spacial score (nSPS) is 15.3. The number of nitrogens with two attached hydrogens (primary N) is 2. The summed E-state index contributed by atoms with van der Waals surface area (Å²) in [6.07, 6.45) is 0. The van der Waals surface area contributed by atoms with E-state index in [-0.39, 0.29) is 18.4 Å². The van der Waals surface area contributed by atoms with Crippen molar-refractivity contribution in [1.29, 1.82) is 5.41 Å². The van der Waals surface area contributed by atoms with E-state index in [1.165, 1.54) is 0 Å². The third-order valence-electron chi connectivity index (χ3n) is 0.846. The molecule has 0 atom stereocenters. The average molecular weight is 183 g/mol. The van der Waals surface area contributed by atoms with Gasteiger partial charge in [0.2, 0.25) is 0 Å². The molecule has 1 heterocycles. The van der Waals surface area contributed by atoms with E-state index in [0.717, 1.165) is 26.3 Å². The highest BCUT2D eigenvalue weighted by atomic mass is 35.5. The van der Waals surface area contributed by atoms with E-state index in [9.17, 15) is 0 Å². The van der Waals surface area contributed by atoms with Gasteiger partial charge in [-0.3, -0.25) is 5.41 Å². The minimum atomic E-state index is -0.333. The number of morpholine rings is 1. The number of guanidine groups is 1. The van der Waals surface area contributed by atoms with Gasteiger partial charge in [0, 0.05) is 13.1 Å². The van der Waals surface area contributed by atoms with Crippen molar-refractivity contribution in [2.24, 2.45) is 11.5 Å². The van der Waals surface area contributed by atoms with Crippen LogP contribution in [0.2, 0.25) is 0 Å². The van der Waals surface area contributed by atoms with Gasteiger partial charge in [-0.15, -0.1) is 12.4 Å². The third kappa shape index (κ3) is 17.7. The molecule has 0 aromatic rings. The quantitative estimate of drug-likeness (QED) is 0.282. The Hall–Kier alpha value is -0.520. The summed E-state index contributed by atoms with van der Waals surface area (Å²) in [5.74, 6) is -0.333. The first-order valence-electron chi connectivity index (χ1n) is 3.11. The van der Waals surface area contributed by atoms with Crippen LogP contribution in [-0.2, 0) is 4.74 Å². The molecule has 0 bridgehead atoms. The Kier molecular flexibility index (Phi) is 11.3. The van der Waals surface area contributed by atoms with Gasteiger partial charge in [0.05, 0.1) is 13.2 Å². The molecular formula is C5H15ClN4O. The molecular weight excluding hydrogens is 168 g/mol. The van der Waals surface area contributed by atoms with E-state index in [0.29, 0.717) is 0 Å². The summed E-state index contributed by atoms with van der Waals surface area (Å²) < 4.78 is 5.01. The molecule has 6 heteroatoms. The standard InChI is InChI=1S/C4H9NO.CH5N3.ClH/c1-3-6-4-2-5-1;2-1(3)4;/h5H,1-4H2;(H5,2,3,4);1H. The van der Waals surface area contributed by atoms with Crippen molar-refractivity contribution < 1.29 is 4.74 Å². The zero-order valence-corrected chi connectivity index (χ0v) is 7.12. The van der Waals surface area contributed by atoms with Crippen LogP contribution in [0.15, 0.2) is 0 Å². The van der Waals surface area contributed by atoms with Crippen molar-refractivity contribution in [1.82, 2.24) is 5.32 Å². The van der Waals surface area contributed by atoms with Gasteiger partial charge in [-0.05, 0) is 0 Å². The molecule has 0 saturated carbocycles. The minimum Gasteiger partial charge on any atom is -0.379 e. The fraction of sp³-hybridized carbons (Fsp3) is 0.800. The van der Waals surface area contributed by atoms with Crippen LogP contribution in [0.5, 0.6) is 0 Å². The van der Waals surface area contributed by atoms with Crippen molar-refractivity contribution in [3.05, 3.63) is 0 Å². The SMILES string of the molecule is C1COCCN1.Cl.N=C(N)N. The molecule has 0 radical (unpaired) electrons. The summed E-state index contributed by atoms with van der Waals surface area (Å²) in [7, 11) is 0. The van der Waals surface area contributed by atoms with Crippen LogP contribution in [0.4, 0.5) is 0 Å². The number of rotatable bonds is 0. The maximum absolute atomic E-state index is 6.06. The lowest BCUT2D eigenvalue weighted by Crippen LogP contribution is -2.30. The smallest absolute Gasteiger partial charge is 0.183 e. The van der Waals surface area contributed by atoms with Crippen LogP contribution in [0.1, 0.15) is 0 Å². The number of halogens is 1. The number of nitrogens with one attached hydrogen (secondary N) is 2. The predicted octanol–water partition coefficient (Wildman–Crippen LogP) is -1.13. The topological polar surface area (TPSA) is 97.1 Å². The number of hydrogen-bond acceptors (Lipinski definition) is 3. The zero-order valence-electron chi connectivity index (χ0n) is 6.30. The maximum Gasteiger partial charge on any atom is 0.183 e. The Labute approximate surface area is 72.4 Å². The van der Waals surface area contributed by atoms with E-state index in [4.69, 9.17) is 10.1 Å². The second-order valence-electron chi connectivity index (χ2n) is 1.82. The number of hydrogen-bond donors (Lipinski definition) is 4. The van der Waals surface area contributed by atoms with Gasteiger partial charge in [0.1, 0.15) is 0 Å². The first-order valence-corrected chi connectivity index (χ1v) is 3.11. The zero-order chi connectivity index (χ0) is 7.82. The van der Waals surface area contributed by atoms with Gasteiger partial charge in [0.25, 0.3) is 0 Å². The molecule has 6 N–H and O–H groups in total. The Bertz CT molecular complexity index is 81.0. The van der Waals surface area contributed by atoms with Gasteiger partial charge in [0.15, 0.2) is 5.96 Å². The molecule has 68 valence electrons. The lowest BCUT2D eigenvalue weighted by molar-refractivity contribution is 0.109. The summed E-state index contributed by atoms with van der Waals surface area (Å²) in [6.45, 7) is 3.83. The third-order valence-corrected chi connectivity index (χ3v) is 0.846. The van der Waals surface area contributed by atoms with E-state index in [2.05, 4.69) is 16.8 Å². The van der Waals surface area contributed by atoms with Gasteiger partial charge in [-0.2, -0.15) is 0 Å². The Morgan fingerprint density at radius 2 is 1.64 bits per heavy atom. The highest BCUT2D eigenvalue weighted by Gasteiger charge is 1.92. The van der Waals surface area contributed by atoms with E-state index >= 15 is 0 Å². The van der Waals surface area contributed by atoms with Crippen LogP contribution < -0.4 is 16.8 Å². The predicted molar refractivity (Wildman–Crippen MR) is 47.0 cm³/mol. The summed E-state index contributed by atoms with van der Waals surface area (Å²) in [5, 5.41) is 9.22. The Balaban J connectivity index is 0. The van der Waals surface area contributed by atoms with E-state index in [1.807, 2.05) is 0 Å². The van der Waals surface area contributed by atoms with Crippen molar-refractivity contribution in [2.75, 3.05) is 26.3 Å². The first-order chi connectivity index (χ1) is 4.73. The Morgan fingerprint density at radius 1 is 1.27 bits per heavy atom. The van der Waals surface area contributed by atoms with Crippen LogP contribution in [-0.4, -0.2) is 32.3 Å². The molecule has 0 aliphatic carbocycles. The Morgan fingerprint density at radius 3 is 1.73 bits per heavy atom. The van der Waals surface area contributed by atoms with Gasteiger partial charge in [-0.1, -0.05) is 0 Å². The van der Waals surface area contributed by atoms with Gasteiger partial charge < -0.3 is 21.5 Å². The van der Waals surface area contributed by atoms with Crippen LogP contribution >= 0.6 is 12.4 Å². The van der Waals surface area contributed by atoms with Crippen molar-refractivity contribution in [3.63, 3.8) is 0 Å². The molecule has 1 aliphatic heterocycles. The van der Waals surface area contributed by atoms with Crippen molar-refractivity contribution in [3.8, 4) is 0 Å². The average Bonchev–Trinajstić information content (AvgIpc) is 1.90. The lowest BCUT2D eigenvalue weighted by atomic mass is 10.5. The molecule has 5 nitrogen and oxygen atoms in total. The van der Waals surface area contributed by atoms with E-state index < -0.39 is 0 Å². The summed E-state index contributed by atoms with van der Waals surface area (Å²) >= 11 is 0. The molecule has 0 unspecified atom stereocenters. The van der Waals surface area contributed by atoms with Crippen molar-refractivity contribution in [2.45, 2.75) is 0 Å². The van der Waals surface area contributed by atoms with Crippen LogP contribution in [0, 0.1) is 5.41 Å². The molecule has 1 aliphatic rings. The second kappa shape index (κ2) is 9.48. The molecule has 0 aromatic heterocycles. The summed E-state index contributed by atoms with van der Waals surface area (Å²) in [4.78, 5) is 0. The fourth-order valence-electron chi connectivity index (χ4n) is 0.516. The first kappa shape index (κ1) is 13.1. The highest BCUT2D eigenvalue weighted by Crippen LogP contribution is 1.76. The largest absolute Gasteiger partial charge is 0.379 e. The van der Waals surface area contributed by atoms with Crippen LogP contribution in [0.3, 0.4) is 0 Å². The minimum absolute atomic E-state index is 0. The second-order valence-corrected chi connectivity index (χ2v) is 1.82. The van der Waals surface area contributed by atoms with Crippen LogP contribution in [0.25, 0.3) is 0 Å².